The van der Waals surface area contributed by atoms with Crippen LogP contribution in [0.4, 0.5) is 0 Å². The van der Waals surface area contributed by atoms with Crippen molar-refractivity contribution in [3.8, 4) is 11.3 Å². The topological polar surface area (TPSA) is 79.4 Å². The molecule has 3 rings (SSSR count). The Hall–Kier alpha value is -2.67. The van der Waals surface area contributed by atoms with Crippen molar-refractivity contribution in [1.82, 2.24) is 14.8 Å². The van der Waals surface area contributed by atoms with Crippen LogP contribution >= 0.6 is 0 Å². The molecule has 0 fully saturated rings. The maximum absolute atomic E-state index is 12.8. The average Bonchev–Trinajstić information content (AvgIpc) is 3.20. The lowest BCUT2D eigenvalue weighted by Crippen LogP contribution is -2.14. The first-order valence-electron chi connectivity index (χ1n) is 9.52. The molecule has 0 bridgehead atoms. The summed E-state index contributed by atoms with van der Waals surface area (Å²) in [6, 6.07) is 3.78. The lowest BCUT2D eigenvalue weighted by atomic mass is 10.1. The third-order valence-corrected chi connectivity index (χ3v) is 4.36. The van der Waals surface area contributed by atoms with Gasteiger partial charge in [0.25, 0.3) is 0 Å². The van der Waals surface area contributed by atoms with E-state index in [9.17, 15) is 4.79 Å². The molecule has 0 aliphatic carbocycles. The summed E-state index contributed by atoms with van der Waals surface area (Å²) in [6.45, 7) is 12.2. The molecule has 0 saturated heterocycles. The van der Waals surface area contributed by atoms with Crippen molar-refractivity contribution < 1.29 is 18.7 Å². The zero-order valence-electron chi connectivity index (χ0n) is 17.3. The minimum atomic E-state index is -0.415. The van der Waals surface area contributed by atoms with Crippen LogP contribution in [-0.2, 0) is 9.47 Å². The Morgan fingerprint density at radius 3 is 2.54 bits per heavy atom. The van der Waals surface area contributed by atoms with Crippen LogP contribution in [0.1, 0.15) is 55.6 Å². The smallest absolute Gasteiger partial charge is 0.339 e. The number of aromatic nitrogens is 3. The lowest BCUT2D eigenvalue weighted by molar-refractivity contribution is 0.0178. The molecule has 7 heteroatoms. The summed E-state index contributed by atoms with van der Waals surface area (Å²) in [5, 5.41) is 5.09. The number of carbonyl (C=O) groups excluding carboxylic acids is 1. The first kappa shape index (κ1) is 20.1. The van der Waals surface area contributed by atoms with Gasteiger partial charge in [-0.3, -0.25) is 0 Å². The SMILES string of the molecule is Cc1cc(-c2cc(C(=O)OCCOC(C)C)c3cnn(C(C)C)c3n2)c(C)o1. The number of fused-ring (bicyclic) bond motifs is 1. The van der Waals surface area contributed by atoms with Crippen LogP contribution < -0.4 is 0 Å². The Morgan fingerprint density at radius 1 is 1.18 bits per heavy atom. The summed E-state index contributed by atoms with van der Waals surface area (Å²) in [4.78, 5) is 17.6. The standard InChI is InChI=1S/C21H27N3O4/c1-12(2)24-20-18(11-22-24)17(21(25)27-8-7-26-13(3)4)10-19(23-20)16-9-14(5)28-15(16)6/h9-13H,7-8H2,1-6H3. The number of hydrogen-bond donors (Lipinski definition) is 0. The van der Waals surface area contributed by atoms with Gasteiger partial charge in [0.2, 0.25) is 0 Å². The van der Waals surface area contributed by atoms with Crippen molar-refractivity contribution >= 4 is 17.0 Å². The van der Waals surface area contributed by atoms with Crippen molar-refractivity contribution in [3.63, 3.8) is 0 Å². The number of carbonyl (C=O) groups is 1. The molecule has 28 heavy (non-hydrogen) atoms. The number of rotatable bonds is 7. The summed E-state index contributed by atoms with van der Waals surface area (Å²) in [5.74, 6) is 1.13. The third-order valence-electron chi connectivity index (χ3n) is 4.36. The normalized spacial score (nSPS) is 11.7. The monoisotopic (exact) mass is 385 g/mol. The second kappa shape index (κ2) is 8.14. The van der Waals surface area contributed by atoms with E-state index in [4.69, 9.17) is 18.9 Å². The highest BCUT2D eigenvalue weighted by Gasteiger charge is 2.21. The maximum Gasteiger partial charge on any atom is 0.339 e. The van der Waals surface area contributed by atoms with Crippen LogP contribution in [0.15, 0.2) is 22.7 Å². The molecule has 3 heterocycles. The first-order valence-corrected chi connectivity index (χ1v) is 9.52. The summed E-state index contributed by atoms with van der Waals surface area (Å²) in [5.41, 5.74) is 2.61. The molecule has 0 saturated carbocycles. The molecule has 0 spiro atoms. The highest BCUT2D eigenvalue weighted by Crippen LogP contribution is 2.30. The lowest BCUT2D eigenvalue weighted by Gasteiger charge is -2.11. The Balaban J connectivity index is 2.02. The van der Waals surface area contributed by atoms with Gasteiger partial charge in [0.05, 0.1) is 35.6 Å². The van der Waals surface area contributed by atoms with Gasteiger partial charge in [-0.15, -0.1) is 0 Å². The number of furan rings is 1. The van der Waals surface area contributed by atoms with Gasteiger partial charge in [-0.25, -0.2) is 14.5 Å². The Bertz CT molecular complexity index is 985. The molecule has 0 aliphatic heterocycles. The van der Waals surface area contributed by atoms with E-state index in [0.717, 1.165) is 17.1 Å². The maximum atomic E-state index is 12.8. The van der Waals surface area contributed by atoms with Crippen molar-refractivity contribution in [2.24, 2.45) is 0 Å². The van der Waals surface area contributed by atoms with Crippen molar-refractivity contribution in [3.05, 3.63) is 35.4 Å². The Labute approximate surface area is 164 Å². The van der Waals surface area contributed by atoms with Crippen LogP contribution in [0.3, 0.4) is 0 Å². The summed E-state index contributed by atoms with van der Waals surface area (Å²) in [7, 11) is 0. The van der Waals surface area contributed by atoms with E-state index < -0.39 is 5.97 Å². The number of hydrogen-bond acceptors (Lipinski definition) is 6. The van der Waals surface area contributed by atoms with Crippen LogP contribution in [0.25, 0.3) is 22.3 Å². The number of esters is 1. The largest absolute Gasteiger partial charge is 0.466 e. The first-order chi connectivity index (χ1) is 13.3. The average molecular weight is 385 g/mol. The van der Waals surface area contributed by atoms with Gasteiger partial charge in [-0.05, 0) is 53.7 Å². The molecule has 0 N–H and O–H groups in total. The second-order valence-electron chi connectivity index (χ2n) is 7.36. The molecule has 7 nitrogen and oxygen atoms in total. The van der Waals surface area contributed by atoms with Crippen molar-refractivity contribution in [2.45, 2.75) is 53.7 Å². The van der Waals surface area contributed by atoms with E-state index in [1.807, 2.05) is 47.6 Å². The quantitative estimate of drug-likeness (QED) is 0.441. The van der Waals surface area contributed by atoms with Crippen molar-refractivity contribution in [2.75, 3.05) is 13.2 Å². The molecule has 0 unspecified atom stereocenters. The highest BCUT2D eigenvalue weighted by molar-refractivity contribution is 6.03. The van der Waals surface area contributed by atoms with Gasteiger partial charge in [-0.2, -0.15) is 5.10 Å². The fourth-order valence-electron chi connectivity index (χ4n) is 3.08. The number of nitrogens with zero attached hydrogens (tertiary/aromatic N) is 3. The molecule has 0 aliphatic rings. The fourth-order valence-corrected chi connectivity index (χ4v) is 3.08. The van der Waals surface area contributed by atoms with Crippen LogP contribution in [0.2, 0.25) is 0 Å². The van der Waals surface area contributed by atoms with Crippen LogP contribution in [-0.4, -0.2) is 40.1 Å². The van der Waals surface area contributed by atoms with Gasteiger partial charge in [-0.1, -0.05) is 0 Å². The van der Waals surface area contributed by atoms with E-state index in [1.165, 1.54) is 0 Å². The Morgan fingerprint density at radius 2 is 1.93 bits per heavy atom. The van der Waals surface area contributed by atoms with Crippen molar-refractivity contribution in [1.29, 1.82) is 0 Å². The molecule has 0 radical (unpaired) electrons. The van der Waals surface area contributed by atoms with Gasteiger partial charge < -0.3 is 13.9 Å². The number of aryl methyl sites for hydroxylation is 2. The summed E-state index contributed by atoms with van der Waals surface area (Å²) in [6.07, 6.45) is 1.76. The molecule has 150 valence electrons. The predicted molar refractivity (Wildman–Crippen MR) is 106 cm³/mol. The minimum absolute atomic E-state index is 0.0921. The number of ether oxygens (including phenoxy) is 2. The van der Waals surface area contributed by atoms with E-state index in [2.05, 4.69) is 5.10 Å². The molecule has 3 aromatic rings. The summed E-state index contributed by atoms with van der Waals surface area (Å²) >= 11 is 0. The van der Waals surface area contributed by atoms with E-state index in [0.29, 0.717) is 28.9 Å². The molecule has 0 atom stereocenters. The Kier molecular flexibility index (Phi) is 5.84. The van der Waals surface area contributed by atoms with E-state index >= 15 is 0 Å². The molecule has 0 aromatic carbocycles. The number of pyridine rings is 1. The second-order valence-corrected chi connectivity index (χ2v) is 7.36. The highest BCUT2D eigenvalue weighted by atomic mass is 16.6. The third kappa shape index (κ3) is 4.09. The predicted octanol–water partition coefficient (Wildman–Crippen LogP) is 4.47. The van der Waals surface area contributed by atoms with Gasteiger partial charge >= 0.3 is 5.97 Å². The van der Waals surface area contributed by atoms with Gasteiger partial charge in [0, 0.05) is 11.6 Å². The van der Waals surface area contributed by atoms with E-state index in [1.54, 1.807) is 16.9 Å². The minimum Gasteiger partial charge on any atom is -0.466 e. The molecule has 0 amide bonds. The zero-order valence-corrected chi connectivity index (χ0v) is 17.3. The fraction of sp³-hybridized carbons (Fsp3) is 0.476. The van der Waals surface area contributed by atoms with Gasteiger partial charge in [0.1, 0.15) is 18.1 Å². The zero-order chi connectivity index (χ0) is 20.4. The van der Waals surface area contributed by atoms with Crippen LogP contribution in [0.5, 0.6) is 0 Å². The molecular formula is C21H27N3O4. The van der Waals surface area contributed by atoms with Gasteiger partial charge in [0.15, 0.2) is 5.65 Å². The van der Waals surface area contributed by atoms with E-state index in [-0.39, 0.29) is 18.8 Å². The molecule has 3 aromatic heterocycles. The molecular weight excluding hydrogens is 358 g/mol. The summed E-state index contributed by atoms with van der Waals surface area (Å²) < 4.78 is 18.3. The van der Waals surface area contributed by atoms with Crippen LogP contribution in [0, 0.1) is 13.8 Å².